The number of likely N-dealkylation sites (N-methyl/N-ethyl adjacent to an activating group) is 1. The van der Waals surface area contributed by atoms with Gasteiger partial charge < -0.3 is 5.32 Å². The first-order valence-electron chi connectivity index (χ1n) is 8.22. The van der Waals surface area contributed by atoms with Crippen LogP contribution in [0.2, 0.25) is 0 Å². The molecule has 3 heteroatoms. The number of amides is 1. The molecule has 0 saturated heterocycles. The summed E-state index contributed by atoms with van der Waals surface area (Å²) < 4.78 is 0. The van der Waals surface area contributed by atoms with Crippen LogP contribution in [0.25, 0.3) is 10.8 Å². The van der Waals surface area contributed by atoms with Crippen LogP contribution in [-0.4, -0.2) is 30.4 Å². The van der Waals surface area contributed by atoms with Crippen LogP contribution in [0.1, 0.15) is 32.1 Å². The van der Waals surface area contributed by atoms with Crippen molar-refractivity contribution in [2.45, 2.75) is 38.1 Å². The minimum atomic E-state index is 0.0735. The maximum Gasteiger partial charge on any atom is 0.238 e. The van der Waals surface area contributed by atoms with Gasteiger partial charge in [0.15, 0.2) is 0 Å². The Bertz CT molecular complexity index is 641. The van der Waals surface area contributed by atoms with Gasteiger partial charge in [-0.2, -0.15) is 0 Å². The number of carbonyl (C=O) groups excluding carboxylic acids is 1. The molecular weight excluding hydrogens is 272 g/mol. The molecule has 1 N–H and O–H groups in total. The van der Waals surface area contributed by atoms with Gasteiger partial charge in [0.2, 0.25) is 5.91 Å². The monoisotopic (exact) mass is 296 g/mol. The van der Waals surface area contributed by atoms with Gasteiger partial charge in [0.05, 0.1) is 6.54 Å². The highest BCUT2D eigenvalue weighted by Gasteiger charge is 2.19. The fourth-order valence-corrected chi connectivity index (χ4v) is 3.40. The highest BCUT2D eigenvalue weighted by atomic mass is 16.2. The molecule has 2 aromatic carbocycles. The van der Waals surface area contributed by atoms with Crippen LogP contribution >= 0.6 is 0 Å². The Morgan fingerprint density at radius 1 is 1.09 bits per heavy atom. The summed E-state index contributed by atoms with van der Waals surface area (Å²) in [5.74, 6) is 0.0735. The van der Waals surface area contributed by atoms with E-state index in [0.29, 0.717) is 12.6 Å². The largest absolute Gasteiger partial charge is 0.324 e. The molecule has 3 rings (SSSR count). The molecule has 0 unspecified atom stereocenters. The summed E-state index contributed by atoms with van der Waals surface area (Å²) in [6, 6.07) is 14.7. The molecule has 1 amide bonds. The highest BCUT2D eigenvalue weighted by molar-refractivity contribution is 6.02. The summed E-state index contributed by atoms with van der Waals surface area (Å²) in [5.41, 5.74) is 0.903. The quantitative estimate of drug-likeness (QED) is 0.923. The van der Waals surface area contributed by atoms with Crippen molar-refractivity contribution in [2.24, 2.45) is 0 Å². The number of carbonyl (C=O) groups is 1. The molecule has 0 atom stereocenters. The first kappa shape index (κ1) is 15.0. The van der Waals surface area contributed by atoms with Crippen molar-refractivity contribution in [2.75, 3.05) is 18.9 Å². The Hall–Kier alpha value is -1.87. The van der Waals surface area contributed by atoms with E-state index in [4.69, 9.17) is 0 Å². The average Bonchev–Trinajstić information content (AvgIpc) is 2.56. The number of nitrogens with zero attached hydrogens (tertiary/aromatic N) is 1. The smallest absolute Gasteiger partial charge is 0.238 e. The molecule has 0 aromatic heterocycles. The third-order valence-electron chi connectivity index (χ3n) is 4.65. The Morgan fingerprint density at radius 3 is 2.64 bits per heavy atom. The molecule has 116 valence electrons. The lowest BCUT2D eigenvalue weighted by molar-refractivity contribution is -0.117. The molecule has 1 aliphatic carbocycles. The molecule has 1 saturated carbocycles. The second-order valence-electron chi connectivity index (χ2n) is 6.28. The van der Waals surface area contributed by atoms with Gasteiger partial charge in [0, 0.05) is 17.1 Å². The molecule has 3 nitrogen and oxygen atoms in total. The third kappa shape index (κ3) is 3.47. The average molecular weight is 296 g/mol. The van der Waals surface area contributed by atoms with Crippen LogP contribution in [-0.2, 0) is 4.79 Å². The predicted octanol–water partition coefficient (Wildman–Crippen LogP) is 4.04. The van der Waals surface area contributed by atoms with Crippen molar-refractivity contribution in [1.29, 1.82) is 0 Å². The Morgan fingerprint density at radius 2 is 1.82 bits per heavy atom. The van der Waals surface area contributed by atoms with Crippen LogP contribution < -0.4 is 5.32 Å². The summed E-state index contributed by atoms with van der Waals surface area (Å²) in [6.07, 6.45) is 6.36. The van der Waals surface area contributed by atoms with Crippen molar-refractivity contribution in [3.05, 3.63) is 42.5 Å². The number of nitrogens with one attached hydrogen (secondary N) is 1. The van der Waals surface area contributed by atoms with E-state index in [2.05, 4.69) is 35.5 Å². The van der Waals surface area contributed by atoms with Gasteiger partial charge in [-0.15, -0.1) is 0 Å². The van der Waals surface area contributed by atoms with E-state index in [1.54, 1.807) is 0 Å². The topological polar surface area (TPSA) is 32.3 Å². The number of anilines is 1. The molecule has 1 aliphatic rings. The van der Waals surface area contributed by atoms with Gasteiger partial charge in [0.25, 0.3) is 0 Å². The summed E-state index contributed by atoms with van der Waals surface area (Å²) in [5, 5.41) is 5.32. The normalized spacial score (nSPS) is 16.1. The first-order valence-corrected chi connectivity index (χ1v) is 8.22. The number of fused-ring (bicyclic) bond motifs is 1. The highest BCUT2D eigenvalue weighted by Crippen LogP contribution is 2.24. The molecule has 1 fully saturated rings. The van der Waals surface area contributed by atoms with Gasteiger partial charge >= 0.3 is 0 Å². The van der Waals surface area contributed by atoms with E-state index in [0.717, 1.165) is 16.5 Å². The summed E-state index contributed by atoms with van der Waals surface area (Å²) in [7, 11) is 2.07. The number of hydrogen-bond donors (Lipinski definition) is 1. The SMILES string of the molecule is CN(CC(=O)Nc1cccc2ccccc12)C1CCCCC1. The van der Waals surface area contributed by atoms with E-state index < -0.39 is 0 Å². The molecule has 0 radical (unpaired) electrons. The molecule has 0 bridgehead atoms. The zero-order valence-corrected chi connectivity index (χ0v) is 13.2. The van der Waals surface area contributed by atoms with Crippen molar-refractivity contribution >= 4 is 22.4 Å². The molecular formula is C19H24N2O. The van der Waals surface area contributed by atoms with Crippen molar-refractivity contribution in [3.8, 4) is 0 Å². The van der Waals surface area contributed by atoms with Gasteiger partial charge in [-0.1, -0.05) is 55.7 Å². The van der Waals surface area contributed by atoms with Gasteiger partial charge in [-0.25, -0.2) is 0 Å². The van der Waals surface area contributed by atoms with Crippen LogP contribution in [0.15, 0.2) is 42.5 Å². The van der Waals surface area contributed by atoms with Gasteiger partial charge in [0.1, 0.15) is 0 Å². The minimum Gasteiger partial charge on any atom is -0.324 e. The summed E-state index contributed by atoms with van der Waals surface area (Å²) in [4.78, 5) is 14.6. The lowest BCUT2D eigenvalue weighted by Gasteiger charge is -2.30. The zero-order chi connectivity index (χ0) is 15.4. The van der Waals surface area contributed by atoms with Crippen LogP contribution in [0.3, 0.4) is 0 Å². The molecule has 2 aromatic rings. The van der Waals surface area contributed by atoms with E-state index in [1.165, 1.54) is 32.1 Å². The van der Waals surface area contributed by atoms with E-state index in [1.807, 2.05) is 24.3 Å². The van der Waals surface area contributed by atoms with Gasteiger partial charge in [-0.3, -0.25) is 9.69 Å². The maximum absolute atomic E-state index is 12.4. The Kier molecular flexibility index (Phi) is 4.74. The van der Waals surface area contributed by atoms with Crippen LogP contribution in [0.4, 0.5) is 5.69 Å². The van der Waals surface area contributed by atoms with E-state index in [9.17, 15) is 4.79 Å². The predicted molar refractivity (Wildman–Crippen MR) is 92.1 cm³/mol. The standard InChI is InChI=1S/C19H24N2O/c1-21(16-10-3-2-4-11-16)14-19(22)20-18-13-7-9-15-8-5-6-12-17(15)18/h5-9,12-13,16H,2-4,10-11,14H2,1H3,(H,20,22). The van der Waals surface area contributed by atoms with Crippen molar-refractivity contribution in [1.82, 2.24) is 4.90 Å². The number of rotatable bonds is 4. The Labute approximate surface area is 132 Å². The second kappa shape index (κ2) is 6.93. The first-order chi connectivity index (χ1) is 10.7. The van der Waals surface area contributed by atoms with Crippen molar-refractivity contribution < 1.29 is 4.79 Å². The molecule has 0 aliphatic heterocycles. The number of benzene rings is 2. The van der Waals surface area contributed by atoms with Crippen LogP contribution in [0.5, 0.6) is 0 Å². The summed E-state index contributed by atoms with van der Waals surface area (Å²) in [6.45, 7) is 0.466. The van der Waals surface area contributed by atoms with E-state index in [-0.39, 0.29) is 5.91 Å². The summed E-state index contributed by atoms with van der Waals surface area (Å²) >= 11 is 0. The lowest BCUT2D eigenvalue weighted by Crippen LogP contribution is -2.39. The fourth-order valence-electron chi connectivity index (χ4n) is 3.40. The minimum absolute atomic E-state index is 0.0735. The third-order valence-corrected chi connectivity index (χ3v) is 4.65. The molecule has 22 heavy (non-hydrogen) atoms. The molecule has 0 spiro atoms. The van der Waals surface area contributed by atoms with Crippen molar-refractivity contribution in [3.63, 3.8) is 0 Å². The lowest BCUT2D eigenvalue weighted by atomic mass is 9.94. The second-order valence-corrected chi connectivity index (χ2v) is 6.28. The maximum atomic E-state index is 12.4. The molecule has 0 heterocycles. The zero-order valence-electron chi connectivity index (χ0n) is 13.2. The van der Waals surface area contributed by atoms with E-state index >= 15 is 0 Å². The van der Waals surface area contributed by atoms with Crippen LogP contribution in [0, 0.1) is 0 Å². The fraction of sp³-hybridized carbons (Fsp3) is 0.421. The Balaban J connectivity index is 1.65. The number of hydrogen-bond acceptors (Lipinski definition) is 2. The van der Waals surface area contributed by atoms with Gasteiger partial charge in [-0.05, 0) is 31.3 Å².